The molecule has 7 nitrogen and oxygen atoms in total. The van der Waals surface area contributed by atoms with Crippen molar-refractivity contribution >= 4 is 11.8 Å². The molecule has 2 aromatic heterocycles. The van der Waals surface area contributed by atoms with E-state index in [0.717, 1.165) is 22.9 Å². The summed E-state index contributed by atoms with van der Waals surface area (Å²) in [7, 11) is 0. The number of halogens is 7. The number of hydrogen-bond donors (Lipinski definition) is 2. The topological polar surface area (TPSA) is 103 Å². The minimum atomic E-state index is -3.57. The van der Waals surface area contributed by atoms with Crippen LogP contribution < -0.4 is 11.1 Å². The Balaban J connectivity index is 1.54. The molecule has 2 unspecified atom stereocenters. The van der Waals surface area contributed by atoms with Gasteiger partial charge in [0.2, 0.25) is 5.91 Å². The highest BCUT2D eigenvalue weighted by Crippen LogP contribution is 2.46. The predicted octanol–water partition coefficient (Wildman–Crippen LogP) is 6.17. The standard InChI is InChI=1S/C31H26F7N5O2/c1-15-7-24-26(31(37,38)13-15)28(29(35)36)42-43(24)14-25(44)41-23(10-16-8-18(32)12-19(33)9-16)27-20(3-2-6-40-27)17-4-5-22(34)21(11-17)30(39)45/h2-6,8-9,11-12,15,23,29H,7,10,13-14H2,1H3,(H2,39,45)(H,41,44). The van der Waals surface area contributed by atoms with Gasteiger partial charge in [-0.05, 0) is 60.2 Å². The fourth-order valence-electron chi connectivity index (χ4n) is 5.73. The molecule has 236 valence electrons. The van der Waals surface area contributed by atoms with Crippen LogP contribution in [-0.2, 0) is 30.1 Å². The molecule has 0 saturated heterocycles. The van der Waals surface area contributed by atoms with Crippen molar-refractivity contribution in [2.45, 2.75) is 51.1 Å². The van der Waals surface area contributed by atoms with Gasteiger partial charge < -0.3 is 11.1 Å². The van der Waals surface area contributed by atoms with Crippen LogP contribution in [0.25, 0.3) is 11.1 Å². The molecule has 0 radical (unpaired) electrons. The summed E-state index contributed by atoms with van der Waals surface area (Å²) < 4.78 is 100. The van der Waals surface area contributed by atoms with Gasteiger partial charge in [0.15, 0.2) is 0 Å². The Morgan fingerprint density at radius 1 is 1.07 bits per heavy atom. The maximum atomic E-state index is 14.9. The number of alkyl halides is 4. The first kappa shape index (κ1) is 31.7. The molecule has 0 bridgehead atoms. The van der Waals surface area contributed by atoms with Gasteiger partial charge in [-0.1, -0.05) is 19.1 Å². The van der Waals surface area contributed by atoms with E-state index in [4.69, 9.17) is 5.73 Å². The lowest BCUT2D eigenvalue weighted by atomic mass is 9.85. The van der Waals surface area contributed by atoms with Crippen molar-refractivity contribution in [3.63, 3.8) is 0 Å². The summed E-state index contributed by atoms with van der Waals surface area (Å²) in [6.45, 7) is 0.808. The van der Waals surface area contributed by atoms with Gasteiger partial charge >= 0.3 is 0 Å². The number of nitrogens with one attached hydrogen (secondary N) is 1. The van der Waals surface area contributed by atoms with E-state index >= 15 is 0 Å². The Bertz CT molecular complexity index is 1750. The second-order valence-corrected chi connectivity index (χ2v) is 11.0. The van der Waals surface area contributed by atoms with E-state index in [1.54, 1.807) is 6.07 Å². The molecule has 3 N–H and O–H groups in total. The summed E-state index contributed by atoms with van der Waals surface area (Å²) in [5.41, 5.74) is 3.52. The monoisotopic (exact) mass is 633 g/mol. The Hall–Kier alpha value is -4.75. The van der Waals surface area contributed by atoms with Gasteiger partial charge in [-0.25, -0.2) is 30.7 Å². The number of benzene rings is 2. The minimum absolute atomic E-state index is 0.0128. The van der Waals surface area contributed by atoms with Crippen molar-refractivity contribution in [2.75, 3.05) is 0 Å². The normalized spacial score (nSPS) is 16.3. The number of rotatable bonds is 9. The van der Waals surface area contributed by atoms with Gasteiger partial charge in [-0.3, -0.25) is 19.3 Å². The summed E-state index contributed by atoms with van der Waals surface area (Å²) in [6, 6.07) is 8.20. The number of primary amides is 1. The number of pyridine rings is 1. The van der Waals surface area contributed by atoms with E-state index in [1.807, 2.05) is 0 Å². The zero-order valence-electron chi connectivity index (χ0n) is 23.6. The first-order valence-electron chi connectivity index (χ1n) is 13.8. The van der Waals surface area contributed by atoms with E-state index in [1.165, 1.54) is 31.3 Å². The molecule has 2 atom stereocenters. The largest absolute Gasteiger partial charge is 0.366 e. The molecule has 1 aliphatic carbocycles. The SMILES string of the molecule is CC1Cc2c(c(C(F)F)nn2CC(=O)NC(Cc2cc(F)cc(F)c2)c2ncccc2-c2ccc(F)c(C(N)=O)c2)C(F)(F)C1. The third-order valence-electron chi connectivity index (χ3n) is 7.51. The summed E-state index contributed by atoms with van der Waals surface area (Å²) in [6.07, 6.45) is -2.84. The van der Waals surface area contributed by atoms with Crippen LogP contribution in [0.2, 0.25) is 0 Å². The second kappa shape index (κ2) is 12.3. The zero-order chi connectivity index (χ0) is 32.6. The Kier molecular flexibility index (Phi) is 8.68. The predicted molar refractivity (Wildman–Crippen MR) is 148 cm³/mol. The highest BCUT2D eigenvalue weighted by molar-refractivity contribution is 5.94. The highest BCUT2D eigenvalue weighted by atomic mass is 19.3. The molecule has 4 aromatic rings. The number of aromatic nitrogens is 3. The van der Waals surface area contributed by atoms with E-state index in [9.17, 15) is 40.3 Å². The van der Waals surface area contributed by atoms with Crippen molar-refractivity contribution in [3.05, 3.63) is 106 Å². The first-order chi connectivity index (χ1) is 21.2. The molecule has 2 aromatic carbocycles. The number of nitrogens with zero attached hydrogens (tertiary/aromatic N) is 3. The van der Waals surface area contributed by atoms with Gasteiger partial charge in [0.25, 0.3) is 18.3 Å². The Morgan fingerprint density at radius 2 is 1.78 bits per heavy atom. The number of hydrogen-bond acceptors (Lipinski definition) is 4. The summed E-state index contributed by atoms with van der Waals surface area (Å²) in [5.74, 6) is -8.69. The van der Waals surface area contributed by atoms with E-state index in [-0.39, 0.29) is 35.4 Å². The molecule has 0 saturated carbocycles. The van der Waals surface area contributed by atoms with Gasteiger partial charge in [-0.2, -0.15) is 5.10 Å². The molecular weight excluding hydrogens is 607 g/mol. The lowest BCUT2D eigenvalue weighted by molar-refractivity contribution is -0.122. The lowest BCUT2D eigenvalue weighted by Gasteiger charge is -2.28. The van der Waals surface area contributed by atoms with E-state index in [0.29, 0.717) is 11.6 Å². The molecule has 14 heteroatoms. The van der Waals surface area contributed by atoms with Gasteiger partial charge in [0.05, 0.1) is 22.9 Å². The minimum Gasteiger partial charge on any atom is -0.366 e. The van der Waals surface area contributed by atoms with Crippen molar-refractivity contribution < 1.29 is 40.3 Å². The van der Waals surface area contributed by atoms with E-state index in [2.05, 4.69) is 15.4 Å². The molecule has 2 heterocycles. The van der Waals surface area contributed by atoms with Crippen LogP contribution in [0.5, 0.6) is 0 Å². The van der Waals surface area contributed by atoms with Crippen molar-refractivity contribution in [1.82, 2.24) is 20.1 Å². The fraction of sp³-hybridized carbons (Fsp3) is 0.290. The lowest BCUT2D eigenvalue weighted by Crippen LogP contribution is -2.35. The average Bonchev–Trinajstić information content (AvgIpc) is 3.31. The van der Waals surface area contributed by atoms with Crippen LogP contribution in [-0.4, -0.2) is 26.6 Å². The molecule has 5 rings (SSSR count). The van der Waals surface area contributed by atoms with Crippen LogP contribution in [0.3, 0.4) is 0 Å². The van der Waals surface area contributed by atoms with Crippen molar-refractivity contribution in [3.8, 4) is 11.1 Å². The maximum Gasteiger partial charge on any atom is 0.282 e. The van der Waals surface area contributed by atoms with Crippen LogP contribution in [0.1, 0.15) is 64.4 Å². The number of amides is 2. The van der Waals surface area contributed by atoms with Crippen LogP contribution in [0.4, 0.5) is 30.7 Å². The van der Waals surface area contributed by atoms with Gasteiger partial charge in [-0.15, -0.1) is 0 Å². The second-order valence-electron chi connectivity index (χ2n) is 11.0. The van der Waals surface area contributed by atoms with E-state index < -0.39 is 83.4 Å². The number of nitrogens with two attached hydrogens (primary N) is 1. The van der Waals surface area contributed by atoms with Crippen LogP contribution >= 0.6 is 0 Å². The van der Waals surface area contributed by atoms with Crippen LogP contribution in [0.15, 0.2) is 54.7 Å². The molecular formula is C31H26F7N5O2. The Labute approximate surface area is 252 Å². The third-order valence-corrected chi connectivity index (χ3v) is 7.51. The summed E-state index contributed by atoms with van der Waals surface area (Å²) in [5, 5.41) is 6.34. The van der Waals surface area contributed by atoms with Gasteiger partial charge in [0, 0.05) is 29.9 Å². The summed E-state index contributed by atoms with van der Waals surface area (Å²) >= 11 is 0. The number of carbonyl (C=O) groups is 2. The van der Waals surface area contributed by atoms with Crippen molar-refractivity contribution in [2.24, 2.45) is 11.7 Å². The molecule has 1 aliphatic rings. The van der Waals surface area contributed by atoms with Crippen molar-refractivity contribution in [1.29, 1.82) is 0 Å². The molecule has 45 heavy (non-hydrogen) atoms. The Morgan fingerprint density at radius 3 is 2.44 bits per heavy atom. The number of fused-ring (bicyclic) bond motifs is 1. The molecule has 0 spiro atoms. The molecule has 0 aliphatic heterocycles. The van der Waals surface area contributed by atoms with Gasteiger partial charge in [0.1, 0.15) is 29.7 Å². The summed E-state index contributed by atoms with van der Waals surface area (Å²) in [4.78, 5) is 29.6. The quantitative estimate of drug-likeness (QED) is 0.215. The zero-order valence-corrected chi connectivity index (χ0v) is 23.6. The van der Waals surface area contributed by atoms with Crippen LogP contribution in [0, 0.1) is 23.4 Å². The fourth-order valence-corrected chi connectivity index (χ4v) is 5.73. The maximum absolute atomic E-state index is 14.9. The highest BCUT2D eigenvalue weighted by Gasteiger charge is 2.46. The number of carbonyl (C=O) groups excluding carboxylic acids is 2. The smallest absolute Gasteiger partial charge is 0.282 e. The average molecular weight is 634 g/mol. The first-order valence-corrected chi connectivity index (χ1v) is 13.8. The molecule has 0 fully saturated rings. The molecule has 2 amide bonds. The third kappa shape index (κ3) is 6.69.